The predicted molar refractivity (Wildman–Crippen MR) is 111 cm³/mol. The molecule has 7 nitrogen and oxygen atoms in total. The van der Waals surface area contributed by atoms with Crippen LogP contribution in [0.25, 0.3) is 11.4 Å². The van der Waals surface area contributed by atoms with E-state index >= 15 is 0 Å². The van der Waals surface area contributed by atoms with E-state index in [1.165, 1.54) is 5.56 Å². The number of hydrogen-bond acceptors (Lipinski definition) is 7. The van der Waals surface area contributed by atoms with Crippen molar-refractivity contribution < 1.29 is 18.7 Å². The summed E-state index contributed by atoms with van der Waals surface area (Å²) < 4.78 is 22.5. The lowest BCUT2D eigenvalue weighted by atomic mass is 10.0. The zero-order chi connectivity index (χ0) is 20.3. The molecular weight excluding hydrogens is 382 g/mol. The van der Waals surface area contributed by atoms with Crippen LogP contribution in [0, 0.1) is 0 Å². The van der Waals surface area contributed by atoms with E-state index in [1.54, 1.807) is 0 Å². The number of benzene rings is 2. The summed E-state index contributed by atoms with van der Waals surface area (Å²) in [4.78, 5) is 7.00. The Morgan fingerprint density at radius 1 is 1.07 bits per heavy atom. The third-order valence-electron chi connectivity index (χ3n) is 5.54. The van der Waals surface area contributed by atoms with Crippen LogP contribution in [-0.2, 0) is 6.54 Å². The van der Waals surface area contributed by atoms with E-state index in [0.717, 1.165) is 42.2 Å². The van der Waals surface area contributed by atoms with Crippen LogP contribution < -0.4 is 14.2 Å². The second-order valence-electron chi connectivity index (χ2n) is 7.50. The van der Waals surface area contributed by atoms with Crippen molar-refractivity contribution in [1.82, 2.24) is 15.0 Å². The molecule has 3 aromatic rings. The van der Waals surface area contributed by atoms with Gasteiger partial charge in [-0.25, -0.2) is 0 Å². The van der Waals surface area contributed by atoms with Crippen LogP contribution in [-0.4, -0.2) is 41.4 Å². The molecule has 156 valence electrons. The Labute approximate surface area is 175 Å². The molecule has 3 heterocycles. The van der Waals surface area contributed by atoms with Crippen LogP contribution in [0.4, 0.5) is 0 Å². The van der Waals surface area contributed by atoms with Crippen LogP contribution >= 0.6 is 0 Å². The summed E-state index contributed by atoms with van der Waals surface area (Å²) in [5, 5.41) is 4.17. The van der Waals surface area contributed by atoms with Crippen molar-refractivity contribution in [3.05, 3.63) is 53.9 Å². The molecule has 0 amide bonds. The zero-order valence-corrected chi connectivity index (χ0v) is 17.0. The number of rotatable bonds is 6. The fraction of sp³-hybridized carbons (Fsp3) is 0.391. The number of likely N-dealkylation sites (tertiary alicyclic amines) is 1. The fourth-order valence-electron chi connectivity index (χ4n) is 4.14. The Hall–Kier alpha value is -3.06. The maximum absolute atomic E-state index is 5.76. The number of aromatic nitrogens is 2. The number of fused-ring (bicyclic) bond motifs is 1. The van der Waals surface area contributed by atoms with E-state index in [0.29, 0.717) is 44.1 Å². The fourth-order valence-corrected chi connectivity index (χ4v) is 4.14. The Balaban J connectivity index is 1.29. The van der Waals surface area contributed by atoms with E-state index < -0.39 is 0 Å². The molecular formula is C23H25N3O4. The molecule has 0 N–H and O–H groups in total. The highest BCUT2D eigenvalue weighted by Gasteiger charge is 2.29. The van der Waals surface area contributed by atoms with Gasteiger partial charge in [-0.3, -0.25) is 4.90 Å². The molecule has 2 aromatic carbocycles. The number of ether oxygens (including phenoxy) is 3. The van der Waals surface area contributed by atoms with Crippen LogP contribution in [0.5, 0.6) is 17.2 Å². The molecule has 1 fully saturated rings. The first kappa shape index (κ1) is 18.9. The molecule has 7 heteroatoms. The summed E-state index contributed by atoms with van der Waals surface area (Å²) in [6, 6.07) is 14.3. The van der Waals surface area contributed by atoms with Gasteiger partial charge in [-0.15, -0.1) is 0 Å². The van der Waals surface area contributed by atoms with Crippen LogP contribution in [0.1, 0.15) is 37.3 Å². The lowest BCUT2D eigenvalue weighted by molar-refractivity contribution is 0.170. The molecule has 1 aromatic heterocycles. The molecule has 1 atom stereocenters. The van der Waals surface area contributed by atoms with E-state index in [2.05, 4.69) is 27.2 Å². The molecule has 1 unspecified atom stereocenters. The van der Waals surface area contributed by atoms with Gasteiger partial charge in [0.1, 0.15) is 19.0 Å². The molecule has 0 saturated carbocycles. The lowest BCUT2D eigenvalue weighted by Crippen LogP contribution is -2.23. The maximum Gasteiger partial charge on any atom is 0.241 e. The first-order valence-electron chi connectivity index (χ1n) is 10.5. The standard InChI is InChI=1S/C23H25N3O4/c1-2-27-18-8-5-16(6-9-18)23-24-22(30-25-23)15-26-11-3-4-19(26)17-7-10-20-21(14-17)29-13-12-28-20/h5-10,14,19H,2-4,11-13,15H2,1H3. The molecule has 0 radical (unpaired) electrons. The smallest absolute Gasteiger partial charge is 0.241 e. The molecule has 0 spiro atoms. The van der Waals surface area contributed by atoms with Crippen molar-refractivity contribution in [2.24, 2.45) is 0 Å². The first-order chi connectivity index (χ1) is 14.8. The van der Waals surface area contributed by atoms with Gasteiger partial charge in [0.25, 0.3) is 0 Å². The second kappa shape index (κ2) is 8.36. The quantitative estimate of drug-likeness (QED) is 0.605. The normalized spacial score (nSPS) is 18.5. The van der Waals surface area contributed by atoms with Gasteiger partial charge in [-0.1, -0.05) is 11.2 Å². The number of nitrogens with zero attached hydrogens (tertiary/aromatic N) is 3. The molecule has 0 aliphatic carbocycles. The van der Waals surface area contributed by atoms with Gasteiger partial charge >= 0.3 is 0 Å². The highest BCUT2D eigenvalue weighted by Crippen LogP contribution is 2.38. The minimum atomic E-state index is 0.307. The summed E-state index contributed by atoms with van der Waals surface area (Å²) in [6.45, 7) is 5.45. The van der Waals surface area contributed by atoms with Crippen LogP contribution in [0.15, 0.2) is 47.0 Å². The van der Waals surface area contributed by atoms with Gasteiger partial charge in [0.15, 0.2) is 11.5 Å². The monoisotopic (exact) mass is 407 g/mol. The summed E-state index contributed by atoms with van der Waals surface area (Å²) in [5.74, 6) is 3.73. The van der Waals surface area contributed by atoms with Gasteiger partial charge < -0.3 is 18.7 Å². The van der Waals surface area contributed by atoms with Crippen molar-refractivity contribution in [2.75, 3.05) is 26.4 Å². The second-order valence-corrected chi connectivity index (χ2v) is 7.50. The van der Waals surface area contributed by atoms with E-state index in [9.17, 15) is 0 Å². The Morgan fingerprint density at radius 3 is 2.73 bits per heavy atom. The Bertz CT molecular complexity index is 1000. The molecule has 30 heavy (non-hydrogen) atoms. The zero-order valence-electron chi connectivity index (χ0n) is 17.0. The Kier molecular flexibility index (Phi) is 5.27. The lowest BCUT2D eigenvalue weighted by Gasteiger charge is -2.25. The predicted octanol–water partition coefficient (Wildman–Crippen LogP) is 4.24. The molecule has 5 rings (SSSR count). The minimum Gasteiger partial charge on any atom is -0.494 e. The summed E-state index contributed by atoms with van der Waals surface area (Å²) >= 11 is 0. The van der Waals surface area contributed by atoms with Gasteiger partial charge in [0.05, 0.1) is 13.2 Å². The molecule has 0 bridgehead atoms. The Morgan fingerprint density at radius 2 is 1.90 bits per heavy atom. The molecule has 1 saturated heterocycles. The van der Waals surface area contributed by atoms with Crippen LogP contribution in [0.2, 0.25) is 0 Å². The highest BCUT2D eigenvalue weighted by molar-refractivity contribution is 5.55. The maximum atomic E-state index is 5.76. The van der Waals surface area contributed by atoms with Crippen molar-refractivity contribution >= 4 is 0 Å². The largest absolute Gasteiger partial charge is 0.494 e. The van der Waals surface area contributed by atoms with Gasteiger partial charge in [-0.05, 0) is 68.3 Å². The first-order valence-corrected chi connectivity index (χ1v) is 10.5. The van der Waals surface area contributed by atoms with E-state index in [4.69, 9.17) is 18.7 Å². The molecule has 2 aliphatic rings. The summed E-state index contributed by atoms with van der Waals surface area (Å²) in [6.07, 6.45) is 2.23. The van der Waals surface area contributed by atoms with Gasteiger partial charge in [0, 0.05) is 11.6 Å². The van der Waals surface area contributed by atoms with Crippen molar-refractivity contribution in [3.8, 4) is 28.6 Å². The summed E-state index contributed by atoms with van der Waals surface area (Å²) in [7, 11) is 0. The average molecular weight is 407 g/mol. The average Bonchev–Trinajstić information content (AvgIpc) is 3.44. The van der Waals surface area contributed by atoms with Crippen LogP contribution in [0.3, 0.4) is 0 Å². The third-order valence-corrected chi connectivity index (χ3v) is 5.54. The van der Waals surface area contributed by atoms with E-state index in [-0.39, 0.29) is 0 Å². The van der Waals surface area contributed by atoms with Crippen molar-refractivity contribution in [1.29, 1.82) is 0 Å². The summed E-state index contributed by atoms with van der Waals surface area (Å²) in [5.41, 5.74) is 2.15. The third kappa shape index (κ3) is 3.85. The number of hydrogen-bond donors (Lipinski definition) is 0. The van der Waals surface area contributed by atoms with Gasteiger partial charge in [0.2, 0.25) is 11.7 Å². The minimum absolute atomic E-state index is 0.307. The topological polar surface area (TPSA) is 69.9 Å². The van der Waals surface area contributed by atoms with Crippen molar-refractivity contribution in [2.45, 2.75) is 32.4 Å². The highest BCUT2D eigenvalue weighted by atomic mass is 16.6. The van der Waals surface area contributed by atoms with E-state index in [1.807, 2.05) is 37.3 Å². The van der Waals surface area contributed by atoms with Gasteiger partial charge in [-0.2, -0.15) is 4.98 Å². The van der Waals surface area contributed by atoms with Crippen molar-refractivity contribution in [3.63, 3.8) is 0 Å². The SMILES string of the molecule is CCOc1ccc(-c2noc(CN3CCCC3c3ccc4c(c3)OCCO4)n2)cc1. The molecule has 2 aliphatic heterocycles.